The van der Waals surface area contributed by atoms with Crippen LogP contribution in [0.2, 0.25) is 0 Å². The van der Waals surface area contributed by atoms with Crippen molar-refractivity contribution in [2.24, 2.45) is 0 Å². The summed E-state index contributed by atoms with van der Waals surface area (Å²) in [6.45, 7) is 10.3. The third kappa shape index (κ3) is 4.75. The van der Waals surface area contributed by atoms with Crippen molar-refractivity contribution in [1.82, 2.24) is 14.7 Å². The molecule has 0 aliphatic carbocycles. The van der Waals surface area contributed by atoms with Crippen molar-refractivity contribution in [3.8, 4) is 0 Å². The minimum atomic E-state index is 0.209. The van der Waals surface area contributed by atoms with Crippen molar-refractivity contribution in [3.05, 3.63) is 0 Å². The molecule has 5 nitrogen and oxygen atoms in total. The number of hydrogen-bond acceptors (Lipinski definition) is 4. The van der Waals surface area contributed by atoms with Gasteiger partial charge in [0.2, 0.25) is 5.91 Å². The zero-order valence-electron chi connectivity index (χ0n) is 12.8. The molecule has 1 heterocycles. The van der Waals surface area contributed by atoms with Crippen LogP contribution in [-0.2, 0) is 4.79 Å². The third-order valence-corrected chi connectivity index (χ3v) is 4.13. The number of hydrogen-bond donors (Lipinski definition) is 1. The summed E-state index contributed by atoms with van der Waals surface area (Å²) in [6.07, 6.45) is 0.959. The zero-order valence-corrected chi connectivity index (χ0v) is 12.8. The highest BCUT2D eigenvalue weighted by molar-refractivity contribution is 5.78. The van der Waals surface area contributed by atoms with Crippen molar-refractivity contribution in [2.45, 2.75) is 39.3 Å². The lowest BCUT2D eigenvalue weighted by molar-refractivity contribution is -0.134. The number of aliphatic hydroxyl groups excluding tert-OH is 1. The van der Waals surface area contributed by atoms with Gasteiger partial charge >= 0.3 is 0 Å². The van der Waals surface area contributed by atoms with Gasteiger partial charge in [-0.25, -0.2) is 0 Å². The van der Waals surface area contributed by atoms with Crippen LogP contribution in [0.25, 0.3) is 0 Å². The molecule has 0 aromatic carbocycles. The van der Waals surface area contributed by atoms with Gasteiger partial charge in [-0.2, -0.15) is 0 Å². The summed E-state index contributed by atoms with van der Waals surface area (Å²) in [5.41, 5.74) is 0. The Kier molecular flexibility index (Phi) is 6.75. The molecule has 1 amide bonds. The van der Waals surface area contributed by atoms with Gasteiger partial charge in [0.15, 0.2) is 0 Å². The fourth-order valence-corrected chi connectivity index (χ4v) is 2.34. The maximum atomic E-state index is 12.1. The normalized spacial score (nSPS) is 19.2. The molecule has 5 heteroatoms. The number of likely N-dealkylation sites (N-methyl/N-ethyl adjacent to an activating group) is 1. The Hall–Kier alpha value is -0.650. The number of carbonyl (C=O) groups excluding carboxylic acids is 1. The van der Waals surface area contributed by atoms with Gasteiger partial charge in [-0.05, 0) is 27.3 Å². The summed E-state index contributed by atoms with van der Waals surface area (Å²) in [4.78, 5) is 18.4. The SMILES string of the molecule is CCC(CO)N1CCN(C(=O)CN(C)C(C)C)CC1. The van der Waals surface area contributed by atoms with Crippen LogP contribution in [0.4, 0.5) is 0 Å². The minimum absolute atomic E-state index is 0.209. The molecule has 0 aromatic heterocycles. The van der Waals surface area contributed by atoms with E-state index >= 15 is 0 Å². The highest BCUT2D eigenvalue weighted by atomic mass is 16.3. The Balaban J connectivity index is 2.39. The third-order valence-electron chi connectivity index (χ3n) is 4.13. The van der Waals surface area contributed by atoms with E-state index in [-0.39, 0.29) is 18.6 Å². The Morgan fingerprint density at radius 3 is 2.26 bits per heavy atom. The van der Waals surface area contributed by atoms with Crippen LogP contribution in [0.1, 0.15) is 27.2 Å². The van der Waals surface area contributed by atoms with E-state index in [1.54, 1.807) is 0 Å². The van der Waals surface area contributed by atoms with Gasteiger partial charge in [-0.15, -0.1) is 0 Å². The lowest BCUT2D eigenvalue weighted by Gasteiger charge is -2.39. The lowest BCUT2D eigenvalue weighted by Crippen LogP contribution is -2.54. The summed E-state index contributed by atoms with van der Waals surface area (Å²) >= 11 is 0. The number of carbonyl (C=O) groups is 1. The first-order valence-electron chi connectivity index (χ1n) is 7.32. The number of piperazine rings is 1. The van der Waals surface area contributed by atoms with Crippen molar-refractivity contribution in [2.75, 3.05) is 46.4 Å². The molecular formula is C14H29N3O2. The van der Waals surface area contributed by atoms with Crippen LogP contribution >= 0.6 is 0 Å². The topological polar surface area (TPSA) is 47.0 Å². The van der Waals surface area contributed by atoms with Crippen molar-refractivity contribution < 1.29 is 9.90 Å². The van der Waals surface area contributed by atoms with E-state index in [0.717, 1.165) is 32.6 Å². The summed E-state index contributed by atoms with van der Waals surface area (Å²) in [7, 11) is 1.98. The molecule has 1 rings (SSSR count). The molecule has 19 heavy (non-hydrogen) atoms. The summed E-state index contributed by atoms with van der Waals surface area (Å²) < 4.78 is 0. The molecule has 1 atom stereocenters. The zero-order chi connectivity index (χ0) is 14.4. The second-order valence-corrected chi connectivity index (χ2v) is 5.67. The molecule has 1 aliphatic heterocycles. The van der Waals surface area contributed by atoms with Gasteiger partial charge in [-0.1, -0.05) is 6.92 Å². The van der Waals surface area contributed by atoms with Gasteiger partial charge in [0.25, 0.3) is 0 Å². The number of rotatable bonds is 6. The van der Waals surface area contributed by atoms with Crippen LogP contribution in [0, 0.1) is 0 Å². The quantitative estimate of drug-likeness (QED) is 0.752. The second kappa shape index (κ2) is 7.82. The van der Waals surface area contributed by atoms with E-state index in [9.17, 15) is 9.90 Å². The first kappa shape index (κ1) is 16.4. The summed E-state index contributed by atoms with van der Waals surface area (Å²) in [5.74, 6) is 0.216. The van der Waals surface area contributed by atoms with E-state index in [1.807, 2.05) is 11.9 Å². The highest BCUT2D eigenvalue weighted by Crippen LogP contribution is 2.09. The summed E-state index contributed by atoms with van der Waals surface area (Å²) in [6, 6.07) is 0.639. The van der Waals surface area contributed by atoms with E-state index < -0.39 is 0 Å². The number of nitrogens with zero attached hydrogens (tertiary/aromatic N) is 3. The van der Waals surface area contributed by atoms with Crippen LogP contribution in [0.3, 0.4) is 0 Å². The van der Waals surface area contributed by atoms with E-state index in [1.165, 1.54) is 0 Å². The Labute approximate surface area is 117 Å². The van der Waals surface area contributed by atoms with Crippen LogP contribution < -0.4 is 0 Å². The Morgan fingerprint density at radius 2 is 1.84 bits per heavy atom. The van der Waals surface area contributed by atoms with Crippen molar-refractivity contribution in [3.63, 3.8) is 0 Å². The number of amides is 1. The Bertz CT molecular complexity index is 272. The molecule has 0 bridgehead atoms. The first-order chi connectivity index (χ1) is 8.99. The van der Waals surface area contributed by atoms with Gasteiger partial charge in [0.1, 0.15) is 0 Å². The average molecular weight is 271 g/mol. The van der Waals surface area contributed by atoms with E-state index in [0.29, 0.717) is 12.6 Å². The molecule has 0 radical (unpaired) electrons. The molecule has 0 aromatic rings. The van der Waals surface area contributed by atoms with Gasteiger partial charge in [-0.3, -0.25) is 14.6 Å². The molecule has 1 fully saturated rings. The molecule has 0 saturated carbocycles. The molecule has 1 unspecified atom stereocenters. The standard InChI is InChI=1S/C14H29N3O2/c1-5-13(11-18)16-6-8-17(9-7-16)14(19)10-15(4)12(2)3/h12-13,18H,5-11H2,1-4H3. The molecule has 1 aliphatic rings. The minimum Gasteiger partial charge on any atom is -0.395 e. The molecular weight excluding hydrogens is 242 g/mol. The first-order valence-corrected chi connectivity index (χ1v) is 7.32. The van der Waals surface area contributed by atoms with Gasteiger partial charge in [0.05, 0.1) is 13.2 Å². The maximum Gasteiger partial charge on any atom is 0.236 e. The Morgan fingerprint density at radius 1 is 1.26 bits per heavy atom. The predicted octanol–water partition coefficient (Wildman–Crippen LogP) is 0.242. The largest absolute Gasteiger partial charge is 0.395 e. The molecule has 112 valence electrons. The monoisotopic (exact) mass is 271 g/mol. The van der Waals surface area contributed by atoms with Gasteiger partial charge in [0, 0.05) is 38.3 Å². The van der Waals surface area contributed by atoms with E-state index in [2.05, 4.69) is 30.6 Å². The number of aliphatic hydroxyl groups is 1. The smallest absolute Gasteiger partial charge is 0.236 e. The van der Waals surface area contributed by atoms with Gasteiger partial charge < -0.3 is 10.0 Å². The fourth-order valence-electron chi connectivity index (χ4n) is 2.34. The molecule has 1 saturated heterocycles. The average Bonchev–Trinajstić information content (AvgIpc) is 2.40. The van der Waals surface area contributed by atoms with Crippen molar-refractivity contribution >= 4 is 5.91 Å². The lowest BCUT2D eigenvalue weighted by atomic mass is 10.1. The summed E-state index contributed by atoms with van der Waals surface area (Å²) in [5, 5.41) is 9.30. The highest BCUT2D eigenvalue weighted by Gasteiger charge is 2.25. The van der Waals surface area contributed by atoms with Crippen LogP contribution in [-0.4, -0.2) is 84.2 Å². The fraction of sp³-hybridized carbons (Fsp3) is 0.929. The van der Waals surface area contributed by atoms with E-state index in [4.69, 9.17) is 0 Å². The predicted molar refractivity (Wildman–Crippen MR) is 77.1 cm³/mol. The molecule has 1 N–H and O–H groups in total. The van der Waals surface area contributed by atoms with Crippen LogP contribution in [0.15, 0.2) is 0 Å². The second-order valence-electron chi connectivity index (χ2n) is 5.67. The van der Waals surface area contributed by atoms with Crippen LogP contribution in [0.5, 0.6) is 0 Å². The molecule has 0 spiro atoms. The maximum absolute atomic E-state index is 12.1. The van der Waals surface area contributed by atoms with Crippen molar-refractivity contribution in [1.29, 1.82) is 0 Å².